The van der Waals surface area contributed by atoms with Crippen molar-refractivity contribution in [3.8, 4) is 0 Å². The monoisotopic (exact) mass is 272 g/mol. The van der Waals surface area contributed by atoms with Crippen molar-refractivity contribution in [2.45, 2.75) is 57.4 Å². The summed E-state index contributed by atoms with van der Waals surface area (Å²) in [4.78, 5) is 2.62. The van der Waals surface area contributed by atoms with E-state index in [9.17, 15) is 0 Å². The van der Waals surface area contributed by atoms with E-state index in [1.54, 1.807) is 0 Å². The molecule has 3 rings (SSSR count). The molecule has 2 heteroatoms. The molecule has 1 aromatic carbocycles. The van der Waals surface area contributed by atoms with E-state index in [0.29, 0.717) is 5.54 Å². The fraction of sp³-hybridized carbons (Fsp3) is 0.667. The normalized spacial score (nSPS) is 22.8. The summed E-state index contributed by atoms with van der Waals surface area (Å²) in [7, 11) is 0. The maximum absolute atomic E-state index is 3.88. The van der Waals surface area contributed by atoms with Gasteiger partial charge >= 0.3 is 0 Å². The number of benzene rings is 1. The Bertz CT molecular complexity index is 418. The fourth-order valence-electron chi connectivity index (χ4n) is 3.85. The summed E-state index contributed by atoms with van der Waals surface area (Å²) in [5.41, 5.74) is 3.24. The van der Waals surface area contributed by atoms with Crippen LogP contribution in [0.25, 0.3) is 0 Å². The summed E-state index contributed by atoms with van der Waals surface area (Å²) in [5, 5.41) is 3.88. The first-order valence-electron chi connectivity index (χ1n) is 8.40. The molecule has 110 valence electrons. The molecule has 0 unspecified atom stereocenters. The zero-order chi connectivity index (χ0) is 13.8. The topological polar surface area (TPSA) is 15.3 Å². The number of anilines is 1. The van der Waals surface area contributed by atoms with E-state index in [4.69, 9.17) is 0 Å². The lowest BCUT2D eigenvalue weighted by Gasteiger charge is -2.40. The zero-order valence-electron chi connectivity index (χ0n) is 12.8. The molecule has 1 saturated carbocycles. The highest BCUT2D eigenvalue weighted by Crippen LogP contribution is 2.32. The lowest BCUT2D eigenvalue weighted by Crippen LogP contribution is -2.52. The van der Waals surface area contributed by atoms with Crippen LogP contribution < -0.4 is 10.2 Å². The van der Waals surface area contributed by atoms with Gasteiger partial charge in [0.05, 0.1) is 0 Å². The van der Waals surface area contributed by atoms with E-state index in [1.165, 1.54) is 69.4 Å². The van der Waals surface area contributed by atoms with Crippen molar-refractivity contribution in [2.24, 2.45) is 0 Å². The van der Waals surface area contributed by atoms with Gasteiger partial charge in [0.1, 0.15) is 0 Å². The molecule has 0 aromatic heterocycles. The Balaban J connectivity index is 1.76. The summed E-state index contributed by atoms with van der Waals surface area (Å²) >= 11 is 0. The average molecular weight is 272 g/mol. The number of aryl methyl sites for hydroxylation is 1. The molecule has 1 heterocycles. The SMILES string of the molecule is CCc1ccc(N2CCCNC3(CCCCC3)C2)cc1. The van der Waals surface area contributed by atoms with E-state index >= 15 is 0 Å². The summed E-state index contributed by atoms with van der Waals surface area (Å²) in [5.74, 6) is 0. The van der Waals surface area contributed by atoms with Crippen molar-refractivity contribution in [1.29, 1.82) is 0 Å². The molecule has 1 aromatic rings. The molecule has 20 heavy (non-hydrogen) atoms. The third kappa shape index (κ3) is 3.01. The number of hydrogen-bond donors (Lipinski definition) is 1. The van der Waals surface area contributed by atoms with Crippen molar-refractivity contribution in [2.75, 3.05) is 24.5 Å². The van der Waals surface area contributed by atoms with Crippen molar-refractivity contribution in [3.63, 3.8) is 0 Å². The van der Waals surface area contributed by atoms with Crippen molar-refractivity contribution >= 4 is 5.69 Å². The standard InChI is InChI=1S/C18H28N2/c1-2-16-7-9-17(10-8-16)20-14-6-13-19-18(15-20)11-4-3-5-12-18/h7-10,19H,2-6,11-15H2,1H3. The van der Waals surface area contributed by atoms with Crippen LogP contribution >= 0.6 is 0 Å². The molecule has 2 fully saturated rings. The lowest BCUT2D eigenvalue weighted by molar-refractivity contribution is 0.246. The Morgan fingerprint density at radius 3 is 2.50 bits per heavy atom. The Kier molecular flexibility index (Phi) is 4.30. The summed E-state index contributed by atoms with van der Waals surface area (Å²) in [6.07, 6.45) is 9.33. The lowest BCUT2D eigenvalue weighted by atomic mass is 9.81. The highest BCUT2D eigenvalue weighted by molar-refractivity contribution is 5.48. The van der Waals surface area contributed by atoms with Crippen molar-refractivity contribution in [3.05, 3.63) is 29.8 Å². The zero-order valence-corrected chi connectivity index (χ0v) is 12.8. The quantitative estimate of drug-likeness (QED) is 0.882. The molecule has 1 N–H and O–H groups in total. The van der Waals surface area contributed by atoms with E-state index in [-0.39, 0.29) is 0 Å². The van der Waals surface area contributed by atoms with Gasteiger partial charge in [-0.15, -0.1) is 0 Å². The second-order valence-corrected chi connectivity index (χ2v) is 6.56. The molecule has 0 bridgehead atoms. The molecule has 1 saturated heterocycles. The largest absolute Gasteiger partial charge is 0.370 e. The second kappa shape index (κ2) is 6.17. The maximum Gasteiger partial charge on any atom is 0.0367 e. The van der Waals surface area contributed by atoms with E-state index in [2.05, 4.69) is 41.4 Å². The molecular formula is C18H28N2. The van der Waals surface area contributed by atoms with Gasteiger partial charge in [-0.25, -0.2) is 0 Å². The third-order valence-electron chi connectivity index (χ3n) is 5.12. The summed E-state index contributed by atoms with van der Waals surface area (Å²) in [6.45, 7) is 5.80. The van der Waals surface area contributed by atoms with Crippen molar-refractivity contribution in [1.82, 2.24) is 5.32 Å². The van der Waals surface area contributed by atoms with Crippen LogP contribution in [-0.4, -0.2) is 25.2 Å². The molecular weight excluding hydrogens is 244 g/mol. The van der Waals surface area contributed by atoms with Crippen LogP contribution in [0.2, 0.25) is 0 Å². The minimum atomic E-state index is 0.387. The third-order valence-corrected chi connectivity index (χ3v) is 5.12. The molecule has 2 nitrogen and oxygen atoms in total. The predicted molar refractivity (Wildman–Crippen MR) is 86.5 cm³/mol. The van der Waals surface area contributed by atoms with Gasteiger partial charge in [-0.1, -0.05) is 38.3 Å². The van der Waals surface area contributed by atoms with E-state index < -0.39 is 0 Å². The van der Waals surface area contributed by atoms with E-state index in [0.717, 1.165) is 6.42 Å². The molecule has 0 amide bonds. The van der Waals surface area contributed by atoms with Crippen LogP contribution in [0.15, 0.2) is 24.3 Å². The van der Waals surface area contributed by atoms with Crippen LogP contribution in [0.1, 0.15) is 51.0 Å². The minimum absolute atomic E-state index is 0.387. The Morgan fingerprint density at radius 2 is 1.80 bits per heavy atom. The Labute approximate surface area is 123 Å². The number of rotatable bonds is 2. The highest BCUT2D eigenvalue weighted by Gasteiger charge is 2.34. The smallest absolute Gasteiger partial charge is 0.0367 e. The van der Waals surface area contributed by atoms with Gasteiger partial charge in [0, 0.05) is 24.3 Å². The van der Waals surface area contributed by atoms with Gasteiger partial charge < -0.3 is 10.2 Å². The number of nitrogens with zero attached hydrogens (tertiary/aromatic N) is 1. The van der Waals surface area contributed by atoms with Gasteiger partial charge in [-0.05, 0) is 49.9 Å². The highest BCUT2D eigenvalue weighted by atomic mass is 15.2. The number of hydrogen-bond acceptors (Lipinski definition) is 2. The molecule has 2 aliphatic rings. The van der Waals surface area contributed by atoms with E-state index in [1.807, 2.05) is 0 Å². The first-order chi connectivity index (χ1) is 9.81. The molecule has 1 aliphatic heterocycles. The van der Waals surface area contributed by atoms with Crippen LogP contribution in [0, 0.1) is 0 Å². The van der Waals surface area contributed by atoms with Crippen LogP contribution in [0.4, 0.5) is 5.69 Å². The molecule has 1 aliphatic carbocycles. The second-order valence-electron chi connectivity index (χ2n) is 6.56. The minimum Gasteiger partial charge on any atom is -0.370 e. The molecule has 0 radical (unpaired) electrons. The van der Waals surface area contributed by atoms with Gasteiger partial charge in [0.25, 0.3) is 0 Å². The van der Waals surface area contributed by atoms with Crippen molar-refractivity contribution < 1.29 is 0 Å². The molecule has 0 atom stereocenters. The van der Waals surface area contributed by atoms with Gasteiger partial charge in [0.2, 0.25) is 0 Å². The Morgan fingerprint density at radius 1 is 1.05 bits per heavy atom. The summed E-state index contributed by atoms with van der Waals surface area (Å²) < 4.78 is 0. The van der Waals surface area contributed by atoms with Crippen LogP contribution in [0.3, 0.4) is 0 Å². The van der Waals surface area contributed by atoms with Gasteiger partial charge in [-0.3, -0.25) is 0 Å². The Hall–Kier alpha value is -1.02. The summed E-state index contributed by atoms with van der Waals surface area (Å²) in [6, 6.07) is 9.23. The first-order valence-corrected chi connectivity index (χ1v) is 8.40. The predicted octanol–water partition coefficient (Wildman–Crippen LogP) is 3.75. The van der Waals surface area contributed by atoms with Gasteiger partial charge in [0.15, 0.2) is 0 Å². The van der Waals surface area contributed by atoms with Crippen LogP contribution in [0.5, 0.6) is 0 Å². The number of nitrogens with one attached hydrogen (secondary N) is 1. The first kappa shape index (κ1) is 13.9. The fourth-order valence-corrected chi connectivity index (χ4v) is 3.85. The maximum atomic E-state index is 3.88. The van der Waals surface area contributed by atoms with Gasteiger partial charge in [-0.2, -0.15) is 0 Å². The van der Waals surface area contributed by atoms with Crippen LogP contribution in [-0.2, 0) is 6.42 Å². The average Bonchev–Trinajstić information content (AvgIpc) is 2.71. The molecule has 1 spiro atoms.